The number of hydrogen-bond donors (Lipinski definition) is 0. The summed E-state index contributed by atoms with van der Waals surface area (Å²) >= 11 is 4.36. The van der Waals surface area contributed by atoms with Gasteiger partial charge in [-0.15, -0.1) is 0 Å². The van der Waals surface area contributed by atoms with Crippen LogP contribution in [0.1, 0.15) is 133 Å². The molecule has 0 N–H and O–H groups in total. The monoisotopic (exact) mass is 558 g/mol. The molecule has 0 heterocycles. The molecule has 0 spiro atoms. The van der Waals surface area contributed by atoms with Crippen LogP contribution in [-0.2, 0) is 9.47 Å². The first-order valence-corrected chi connectivity index (χ1v) is 16.1. The van der Waals surface area contributed by atoms with E-state index in [-0.39, 0.29) is 9.74 Å². The average molecular weight is 560 g/mol. The van der Waals surface area contributed by atoms with E-state index in [4.69, 9.17) is 9.47 Å². The van der Waals surface area contributed by atoms with Gasteiger partial charge in [-0.3, -0.25) is 0 Å². The molecular weight excluding hydrogens is 496 g/mol. The van der Waals surface area contributed by atoms with Crippen molar-refractivity contribution in [2.24, 2.45) is 40.9 Å². The number of rotatable bonds is 19. The van der Waals surface area contributed by atoms with E-state index in [1.54, 1.807) is 0 Å². The van der Waals surface area contributed by atoms with Crippen molar-refractivity contribution in [3.05, 3.63) is 0 Å². The zero-order valence-corrected chi connectivity index (χ0v) is 26.9. The minimum atomic E-state index is 0.114. The summed E-state index contributed by atoms with van der Waals surface area (Å²) in [6.07, 6.45) is 13.8. The molecule has 0 saturated heterocycles. The second kappa shape index (κ2) is 17.1. The highest BCUT2D eigenvalue weighted by Crippen LogP contribution is 2.51. The van der Waals surface area contributed by atoms with Gasteiger partial charge in [0, 0.05) is 23.0 Å². The fourth-order valence-corrected chi connectivity index (χ4v) is 6.93. The predicted molar refractivity (Wildman–Crippen MR) is 159 cm³/mol. The normalized spacial score (nSPS) is 22.0. The van der Waals surface area contributed by atoms with Crippen molar-refractivity contribution < 1.29 is 9.47 Å². The third-order valence-corrected chi connectivity index (χ3v) is 9.88. The molecule has 1 fully saturated rings. The molecule has 35 heavy (non-hydrogen) atoms. The molecule has 1 aliphatic carbocycles. The molecule has 0 aromatic heterocycles. The van der Waals surface area contributed by atoms with E-state index in [0.29, 0.717) is 5.92 Å². The Bertz CT molecular complexity index is 508. The van der Waals surface area contributed by atoms with Gasteiger partial charge in [0.15, 0.2) is 0 Å². The topological polar surface area (TPSA) is 18.5 Å². The van der Waals surface area contributed by atoms with Crippen LogP contribution in [0.25, 0.3) is 0 Å². The first kappa shape index (κ1) is 33.4. The van der Waals surface area contributed by atoms with Gasteiger partial charge in [-0.2, -0.15) is 0 Å². The molecule has 1 aliphatic rings. The lowest BCUT2D eigenvalue weighted by Gasteiger charge is -2.50. The maximum Gasteiger partial charge on any atom is 0.0547 e. The standard InChI is InChI=1S/C32H63BrO2/c1-10-20-34-23-31(24-35-21-11-2,30-22-28(9)12-13-29(30)27(7)8)18-19-32(33,16-14-25(3)4)17-15-26(5)6/h25-30H,10-24H2,1-9H3. The number of hydrogen-bond acceptors (Lipinski definition) is 2. The Balaban J connectivity index is 3.30. The highest BCUT2D eigenvalue weighted by molar-refractivity contribution is 9.10. The van der Waals surface area contributed by atoms with E-state index in [2.05, 4.69) is 78.2 Å². The highest BCUT2D eigenvalue weighted by atomic mass is 79.9. The van der Waals surface area contributed by atoms with E-state index in [1.807, 2.05) is 0 Å². The van der Waals surface area contributed by atoms with Crippen LogP contribution < -0.4 is 0 Å². The van der Waals surface area contributed by atoms with E-state index >= 15 is 0 Å². The van der Waals surface area contributed by atoms with Crippen LogP contribution >= 0.6 is 15.9 Å². The summed E-state index contributed by atoms with van der Waals surface area (Å²) in [5, 5.41) is 0. The Morgan fingerprint density at radius 3 is 1.71 bits per heavy atom. The molecule has 0 aromatic carbocycles. The van der Waals surface area contributed by atoms with Crippen molar-refractivity contribution in [2.45, 2.75) is 137 Å². The molecule has 0 aliphatic heterocycles. The van der Waals surface area contributed by atoms with Gasteiger partial charge in [-0.05, 0) is 99.7 Å². The molecule has 3 unspecified atom stereocenters. The third-order valence-electron chi connectivity index (χ3n) is 8.70. The quantitative estimate of drug-likeness (QED) is 0.116. The van der Waals surface area contributed by atoms with Gasteiger partial charge in [0.1, 0.15) is 0 Å². The van der Waals surface area contributed by atoms with Crippen molar-refractivity contribution in [3.8, 4) is 0 Å². The summed E-state index contributed by atoms with van der Waals surface area (Å²) in [5.74, 6) is 4.49. The van der Waals surface area contributed by atoms with Gasteiger partial charge in [-0.25, -0.2) is 0 Å². The summed E-state index contributed by atoms with van der Waals surface area (Å²) in [4.78, 5) is 0. The number of halogens is 1. The fourth-order valence-electron chi connectivity index (χ4n) is 6.27. The van der Waals surface area contributed by atoms with Crippen LogP contribution in [0.3, 0.4) is 0 Å². The maximum absolute atomic E-state index is 6.46. The lowest BCUT2D eigenvalue weighted by molar-refractivity contribution is -0.0987. The molecule has 2 nitrogen and oxygen atoms in total. The van der Waals surface area contributed by atoms with Crippen molar-refractivity contribution in [2.75, 3.05) is 26.4 Å². The SMILES string of the molecule is CCCOCC(CCC(Br)(CCC(C)C)CCC(C)C)(COCCC)C1CC(C)CCC1C(C)C. The summed E-state index contributed by atoms with van der Waals surface area (Å²) in [6.45, 7) is 24.8. The van der Waals surface area contributed by atoms with Crippen LogP contribution in [0.4, 0.5) is 0 Å². The molecule has 0 aromatic rings. The summed E-state index contributed by atoms with van der Waals surface area (Å²) in [7, 11) is 0. The Hall–Kier alpha value is 0.400. The van der Waals surface area contributed by atoms with Crippen LogP contribution in [0.5, 0.6) is 0 Å². The summed E-state index contributed by atoms with van der Waals surface area (Å²) in [6, 6.07) is 0. The molecule has 210 valence electrons. The molecule has 3 atom stereocenters. The highest BCUT2D eigenvalue weighted by Gasteiger charge is 2.47. The second-order valence-electron chi connectivity index (χ2n) is 13.4. The largest absolute Gasteiger partial charge is 0.381 e. The molecule has 0 bridgehead atoms. The lowest BCUT2D eigenvalue weighted by atomic mass is 9.57. The van der Waals surface area contributed by atoms with Crippen LogP contribution in [0.2, 0.25) is 0 Å². The molecule has 0 radical (unpaired) electrons. The van der Waals surface area contributed by atoms with Crippen LogP contribution in [0.15, 0.2) is 0 Å². The van der Waals surface area contributed by atoms with E-state index in [0.717, 1.165) is 68.9 Å². The van der Waals surface area contributed by atoms with Gasteiger partial charge in [0.2, 0.25) is 0 Å². The van der Waals surface area contributed by atoms with Crippen LogP contribution in [0, 0.1) is 40.9 Å². The third kappa shape index (κ3) is 12.2. The average Bonchev–Trinajstić information content (AvgIpc) is 2.80. The van der Waals surface area contributed by atoms with Crippen molar-refractivity contribution >= 4 is 15.9 Å². The van der Waals surface area contributed by atoms with E-state index in [1.165, 1.54) is 57.8 Å². The zero-order valence-electron chi connectivity index (χ0n) is 25.3. The van der Waals surface area contributed by atoms with Gasteiger partial charge >= 0.3 is 0 Å². The minimum absolute atomic E-state index is 0.114. The summed E-state index contributed by atoms with van der Waals surface area (Å²) in [5.41, 5.74) is 0.114. The Kier molecular flexibility index (Phi) is 16.3. The Morgan fingerprint density at radius 2 is 1.29 bits per heavy atom. The Morgan fingerprint density at radius 1 is 0.771 bits per heavy atom. The first-order chi connectivity index (χ1) is 16.5. The molecule has 3 heteroatoms. The van der Waals surface area contributed by atoms with Crippen molar-refractivity contribution in [1.82, 2.24) is 0 Å². The maximum atomic E-state index is 6.46. The van der Waals surface area contributed by atoms with E-state index < -0.39 is 0 Å². The fraction of sp³-hybridized carbons (Fsp3) is 1.00. The first-order valence-electron chi connectivity index (χ1n) is 15.3. The lowest BCUT2D eigenvalue weighted by Crippen LogP contribution is -2.48. The van der Waals surface area contributed by atoms with Crippen molar-refractivity contribution in [3.63, 3.8) is 0 Å². The molecular formula is C32H63BrO2. The minimum Gasteiger partial charge on any atom is -0.381 e. The van der Waals surface area contributed by atoms with Gasteiger partial charge in [-0.1, -0.05) is 84.7 Å². The smallest absolute Gasteiger partial charge is 0.0547 e. The zero-order chi connectivity index (χ0) is 26.5. The molecule has 1 rings (SSSR count). The van der Waals surface area contributed by atoms with Gasteiger partial charge < -0.3 is 9.47 Å². The van der Waals surface area contributed by atoms with Crippen molar-refractivity contribution in [1.29, 1.82) is 0 Å². The Labute approximate surface area is 229 Å². The second-order valence-corrected chi connectivity index (χ2v) is 15.1. The number of ether oxygens (including phenoxy) is 2. The van der Waals surface area contributed by atoms with E-state index in [9.17, 15) is 0 Å². The summed E-state index contributed by atoms with van der Waals surface area (Å²) < 4.78 is 13.2. The van der Waals surface area contributed by atoms with Crippen LogP contribution in [-0.4, -0.2) is 30.8 Å². The van der Waals surface area contributed by atoms with Gasteiger partial charge in [0.25, 0.3) is 0 Å². The van der Waals surface area contributed by atoms with Gasteiger partial charge in [0.05, 0.1) is 13.2 Å². The predicted octanol–water partition coefficient (Wildman–Crippen LogP) is 10.3. The molecule has 1 saturated carbocycles. The molecule has 0 amide bonds. The number of alkyl halides is 1.